The van der Waals surface area contributed by atoms with Crippen LogP contribution in [0.15, 0.2) is 8.95 Å². The van der Waals surface area contributed by atoms with Gasteiger partial charge in [-0.1, -0.05) is 0 Å². The summed E-state index contributed by atoms with van der Waals surface area (Å²) in [5, 5.41) is 3.61. The Morgan fingerprint density at radius 1 is 1.13 bits per heavy atom. The lowest BCUT2D eigenvalue weighted by Crippen LogP contribution is -2.55. The van der Waals surface area contributed by atoms with Crippen molar-refractivity contribution in [2.24, 2.45) is 0 Å². The van der Waals surface area contributed by atoms with Crippen molar-refractivity contribution in [3.8, 4) is 0 Å². The molecular formula is C17H22Br2N4. The number of piperazine rings is 1. The standard InChI is InChI=1S/C17H22Br2N4/c1-9-7-22(8-10(2)20-9)17-21-15-11(3)13(18)14(19)12-5-4-6-23(17)16(12)15/h9-10,20H,4-8H2,1-3H3/t9-,10+. The fourth-order valence-electron chi connectivity index (χ4n) is 4.10. The van der Waals surface area contributed by atoms with E-state index in [2.05, 4.69) is 67.4 Å². The van der Waals surface area contributed by atoms with Crippen LogP contribution in [0.25, 0.3) is 11.0 Å². The van der Waals surface area contributed by atoms with Crippen LogP contribution in [0.4, 0.5) is 5.95 Å². The molecule has 0 radical (unpaired) electrons. The van der Waals surface area contributed by atoms with Crippen LogP contribution in [0.3, 0.4) is 0 Å². The zero-order valence-corrected chi connectivity index (χ0v) is 17.0. The number of aromatic nitrogens is 2. The van der Waals surface area contributed by atoms with Crippen LogP contribution in [0.2, 0.25) is 0 Å². The van der Waals surface area contributed by atoms with Gasteiger partial charge in [0.15, 0.2) is 0 Å². The van der Waals surface area contributed by atoms with E-state index in [0.717, 1.165) is 42.0 Å². The number of imidazole rings is 1. The highest BCUT2D eigenvalue weighted by molar-refractivity contribution is 9.13. The summed E-state index contributed by atoms with van der Waals surface area (Å²) in [7, 11) is 0. The molecule has 1 saturated heterocycles. The number of aryl methyl sites for hydroxylation is 3. The van der Waals surface area contributed by atoms with Crippen LogP contribution in [0, 0.1) is 6.92 Å². The molecule has 6 heteroatoms. The molecule has 124 valence electrons. The molecule has 0 saturated carbocycles. The van der Waals surface area contributed by atoms with Gasteiger partial charge in [-0.3, -0.25) is 0 Å². The number of anilines is 1. The molecular weight excluding hydrogens is 420 g/mol. The van der Waals surface area contributed by atoms with Gasteiger partial charge in [-0.15, -0.1) is 0 Å². The van der Waals surface area contributed by atoms with Gasteiger partial charge in [0.2, 0.25) is 5.95 Å². The fraction of sp³-hybridized carbons (Fsp3) is 0.588. The minimum atomic E-state index is 0.494. The summed E-state index contributed by atoms with van der Waals surface area (Å²) in [6, 6.07) is 0.989. The molecule has 0 bridgehead atoms. The maximum Gasteiger partial charge on any atom is 0.206 e. The van der Waals surface area contributed by atoms with Gasteiger partial charge in [0, 0.05) is 40.7 Å². The number of rotatable bonds is 1. The molecule has 2 aromatic rings. The van der Waals surface area contributed by atoms with Crippen LogP contribution in [-0.4, -0.2) is 34.7 Å². The van der Waals surface area contributed by atoms with Crippen LogP contribution >= 0.6 is 31.9 Å². The first kappa shape index (κ1) is 15.9. The van der Waals surface area contributed by atoms with E-state index in [1.165, 1.54) is 27.5 Å². The molecule has 4 rings (SSSR count). The van der Waals surface area contributed by atoms with Crippen molar-refractivity contribution < 1.29 is 0 Å². The Hall–Kier alpha value is -0.590. The number of hydrogen-bond donors (Lipinski definition) is 1. The molecule has 1 aromatic carbocycles. The van der Waals surface area contributed by atoms with Crippen molar-refractivity contribution >= 4 is 48.8 Å². The quantitative estimate of drug-likeness (QED) is 0.725. The van der Waals surface area contributed by atoms with E-state index in [-0.39, 0.29) is 0 Å². The molecule has 2 atom stereocenters. The molecule has 0 unspecified atom stereocenters. The predicted octanol–water partition coefficient (Wildman–Crippen LogP) is 4.00. The molecule has 2 aliphatic rings. The van der Waals surface area contributed by atoms with Crippen molar-refractivity contribution in [3.63, 3.8) is 0 Å². The van der Waals surface area contributed by atoms with E-state index < -0.39 is 0 Å². The first-order valence-electron chi connectivity index (χ1n) is 8.35. The number of benzene rings is 1. The second-order valence-electron chi connectivity index (χ2n) is 6.97. The van der Waals surface area contributed by atoms with Gasteiger partial charge in [-0.25, -0.2) is 4.98 Å². The summed E-state index contributed by atoms with van der Waals surface area (Å²) in [4.78, 5) is 7.55. The Morgan fingerprint density at radius 3 is 2.52 bits per heavy atom. The first-order valence-corrected chi connectivity index (χ1v) is 9.93. The topological polar surface area (TPSA) is 33.1 Å². The molecule has 0 aliphatic carbocycles. The van der Waals surface area contributed by atoms with Crippen molar-refractivity contribution in [2.75, 3.05) is 18.0 Å². The lowest BCUT2D eigenvalue weighted by Gasteiger charge is -2.37. The lowest BCUT2D eigenvalue weighted by molar-refractivity contribution is 0.399. The van der Waals surface area contributed by atoms with Crippen LogP contribution in [0.1, 0.15) is 31.4 Å². The summed E-state index contributed by atoms with van der Waals surface area (Å²) in [5.74, 6) is 1.15. The molecule has 2 aliphatic heterocycles. The first-order chi connectivity index (χ1) is 11.0. The van der Waals surface area contributed by atoms with Crippen LogP contribution < -0.4 is 10.2 Å². The van der Waals surface area contributed by atoms with E-state index in [0.29, 0.717) is 12.1 Å². The van der Waals surface area contributed by atoms with E-state index in [9.17, 15) is 0 Å². The highest BCUT2D eigenvalue weighted by Crippen LogP contribution is 2.41. The summed E-state index contributed by atoms with van der Waals surface area (Å²) in [6.07, 6.45) is 2.30. The Balaban J connectivity index is 1.93. The van der Waals surface area contributed by atoms with Gasteiger partial charge in [-0.2, -0.15) is 0 Å². The van der Waals surface area contributed by atoms with Crippen LogP contribution in [-0.2, 0) is 13.0 Å². The van der Waals surface area contributed by atoms with E-state index in [1.54, 1.807) is 0 Å². The van der Waals surface area contributed by atoms with E-state index in [4.69, 9.17) is 4.98 Å². The second kappa shape index (κ2) is 5.74. The maximum atomic E-state index is 5.09. The summed E-state index contributed by atoms with van der Waals surface area (Å²) in [6.45, 7) is 9.78. The summed E-state index contributed by atoms with van der Waals surface area (Å²) < 4.78 is 4.81. The molecule has 1 fully saturated rings. The van der Waals surface area contributed by atoms with Gasteiger partial charge >= 0.3 is 0 Å². The minimum Gasteiger partial charge on any atom is -0.339 e. The average molecular weight is 442 g/mol. The maximum absolute atomic E-state index is 5.09. The van der Waals surface area contributed by atoms with Crippen molar-refractivity contribution in [1.29, 1.82) is 0 Å². The predicted molar refractivity (Wildman–Crippen MR) is 102 cm³/mol. The second-order valence-corrected chi connectivity index (χ2v) is 8.56. The van der Waals surface area contributed by atoms with E-state index in [1.807, 2.05) is 0 Å². The third-order valence-electron chi connectivity index (χ3n) is 5.02. The van der Waals surface area contributed by atoms with Gasteiger partial charge in [-0.05, 0) is 76.6 Å². The smallest absolute Gasteiger partial charge is 0.206 e. The van der Waals surface area contributed by atoms with Crippen molar-refractivity contribution in [3.05, 3.63) is 20.1 Å². The zero-order chi connectivity index (χ0) is 16.3. The monoisotopic (exact) mass is 440 g/mol. The van der Waals surface area contributed by atoms with E-state index >= 15 is 0 Å². The number of hydrogen-bond acceptors (Lipinski definition) is 3. The minimum absolute atomic E-state index is 0.494. The third-order valence-corrected chi connectivity index (χ3v) is 7.42. The van der Waals surface area contributed by atoms with Gasteiger partial charge in [0.25, 0.3) is 0 Å². The number of halogens is 2. The van der Waals surface area contributed by atoms with Gasteiger partial charge in [0.05, 0.1) is 11.0 Å². The Labute approximate surface area is 153 Å². The molecule has 3 heterocycles. The Morgan fingerprint density at radius 2 is 1.83 bits per heavy atom. The molecule has 23 heavy (non-hydrogen) atoms. The van der Waals surface area contributed by atoms with Crippen molar-refractivity contribution in [1.82, 2.24) is 14.9 Å². The Bertz CT molecular complexity index is 773. The summed E-state index contributed by atoms with van der Waals surface area (Å²) in [5.41, 5.74) is 5.12. The van der Waals surface area contributed by atoms with Crippen LogP contribution in [0.5, 0.6) is 0 Å². The lowest BCUT2D eigenvalue weighted by atomic mass is 10.0. The molecule has 1 N–H and O–H groups in total. The zero-order valence-electron chi connectivity index (χ0n) is 13.8. The average Bonchev–Trinajstić information content (AvgIpc) is 2.90. The summed E-state index contributed by atoms with van der Waals surface area (Å²) >= 11 is 7.54. The van der Waals surface area contributed by atoms with Crippen molar-refractivity contribution in [2.45, 2.75) is 52.2 Å². The fourth-order valence-corrected chi connectivity index (χ4v) is 5.21. The van der Waals surface area contributed by atoms with Gasteiger partial charge in [0.1, 0.15) is 0 Å². The number of nitrogens with one attached hydrogen (secondary N) is 1. The molecule has 0 amide bonds. The largest absolute Gasteiger partial charge is 0.339 e. The SMILES string of the molecule is Cc1c(Br)c(Br)c2c3c1nc(N1C[C@@H](C)N[C@@H](C)C1)n3CCC2. The third kappa shape index (κ3) is 2.45. The number of nitrogens with zero attached hydrogens (tertiary/aromatic N) is 3. The Kier molecular flexibility index (Phi) is 3.97. The van der Waals surface area contributed by atoms with Gasteiger partial charge < -0.3 is 14.8 Å². The highest BCUT2D eigenvalue weighted by atomic mass is 79.9. The molecule has 4 nitrogen and oxygen atoms in total. The normalized spacial score (nSPS) is 24.5. The molecule has 1 aromatic heterocycles. The highest BCUT2D eigenvalue weighted by Gasteiger charge is 2.29. The molecule has 0 spiro atoms.